The maximum absolute atomic E-state index is 13.7. The molecule has 106 valence electrons. The maximum Gasteiger partial charge on any atom is 0.167 e. The normalized spacial score (nSPS) is 21.4. The highest BCUT2D eigenvalue weighted by Gasteiger charge is 2.34. The van der Waals surface area contributed by atoms with Gasteiger partial charge in [-0.2, -0.15) is 0 Å². The molecule has 2 rings (SSSR count). The second-order valence-corrected chi connectivity index (χ2v) is 5.88. The molecule has 4 heteroatoms. The lowest BCUT2D eigenvalue weighted by molar-refractivity contribution is 0.321. The fourth-order valence-electron chi connectivity index (χ4n) is 2.74. The van der Waals surface area contributed by atoms with Crippen molar-refractivity contribution in [2.45, 2.75) is 46.1 Å². The summed E-state index contributed by atoms with van der Waals surface area (Å²) in [6, 6.07) is 3.37. The largest absolute Gasteiger partial charge is 0.491 e. The Kier molecular flexibility index (Phi) is 3.88. The molecule has 1 saturated carbocycles. The number of nitrogens with one attached hydrogen (secondary N) is 1. The average Bonchev–Trinajstić information content (AvgIpc) is 2.65. The van der Waals surface area contributed by atoms with Crippen LogP contribution < -0.4 is 15.8 Å². The molecular weight excluding hydrogens is 243 g/mol. The molecule has 19 heavy (non-hydrogen) atoms. The van der Waals surface area contributed by atoms with E-state index in [1.807, 2.05) is 6.92 Å². The molecule has 1 aromatic rings. The van der Waals surface area contributed by atoms with E-state index < -0.39 is 5.82 Å². The molecule has 0 radical (unpaired) electrons. The average molecular weight is 266 g/mol. The standard InChI is InChI=1S/C15H23FN2O/c1-4-19-13-9-12(11(17)8-10(13)16)18-14-6-5-7-15(14,2)3/h8-9,14,18H,4-7,17H2,1-3H3. The molecule has 1 atom stereocenters. The minimum Gasteiger partial charge on any atom is -0.491 e. The minimum atomic E-state index is -0.407. The van der Waals surface area contributed by atoms with E-state index in [0.717, 1.165) is 12.1 Å². The van der Waals surface area contributed by atoms with Crippen LogP contribution in [0.25, 0.3) is 0 Å². The van der Waals surface area contributed by atoms with E-state index in [4.69, 9.17) is 10.5 Å². The first-order chi connectivity index (χ1) is 8.94. The summed E-state index contributed by atoms with van der Waals surface area (Å²) in [6.45, 7) is 6.78. The first-order valence-electron chi connectivity index (χ1n) is 6.92. The molecule has 0 aromatic heterocycles. The van der Waals surface area contributed by atoms with Gasteiger partial charge in [0.05, 0.1) is 18.0 Å². The zero-order chi connectivity index (χ0) is 14.0. The number of halogens is 1. The number of nitrogens with two attached hydrogens (primary N) is 1. The monoisotopic (exact) mass is 266 g/mol. The van der Waals surface area contributed by atoms with Crippen molar-refractivity contribution >= 4 is 11.4 Å². The van der Waals surface area contributed by atoms with Crippen molar-refractivity contribution in [1.82, 2.24) is 0 Å². The Morgan fingerprint density at radius 1 is 1.47 bits per heavy atom. The van der Waals surface area contributed by atoms with Gasteiger partial charge in [0.2, 0.25) is 0 Å². The number of rotatable bonds is 4. The molecule has 1 unspecified atom stereocenters. The van der Waals surface area contributed by atoms with Crippen molar-refractivity contribution < 1.29 is 9.13 Å². The zero-order valence-corrected chi connectivity index (χ0v) is 11.9. The van der Waals surface area contributed by atoms with Gasteiger partial charge >= 0.3 is 0 Å². The van der Waals surface area contributed by atoms with E-state index in [9.17, 15) is 4.39 Å². The van der Waals surface area contributed by atoms with Crippen LogP contribution in [0.2, 0.25) is 0 Å². The highest BCUT2D eigenvalue weighted by molar-refractivity contribution is 5.69. The summed E-state index contributed by atoms with van der Waals surface area (Å²) in [5.41, 5.74) is 7.34. The van der Waals surface area contributed by atoms with Crippen molar-refractivity contribution in [3.63, 3.8) is 0 Å². The van der Waals surface area contributed by atoms with Crippen molar-refractivity contribution in [1.29, 1.82) is 0 Å². The van der Waals surface area contributed by atoms with Crippen LogP contribution in [0.15, 0.2) is 12.1 Å². The third-order valence-electron chi connectivity index (χ3n) is 3.99. The predicted octanol–water partition coefficient (Wildman–Crippen LogP) is 3.80. The fraction of sp³-hybridized carbons (Fsp3) is 0.600. The lowest BCUT2D eigenvalue weighted by Crippen LogP contribution is -2.31. The number of benzene rings is 1. The van der Waals surface area contributed by atoms with Crippen molar-refractivity contribution in [2.75, 3.05) is 17.7 Å². The fourth-order valence-corrected chi connectivity index (χ4v) is 2.74. The quantitative estimate of drug-likeness (QED) is 0.815. The Morgan fingerprint density at radius 3 is 2.79 bits per heavy atom. The molecule has 0 bridgehead atoms. The second-order valence-electron chi connectivity index (χ2n) is 5.88. The molecule has 0 saturated heterocycles. The van der Waals surface area contributed by atoms with Crippen LogP contribution in [0.5, 0.6) is 5.75 Å². The Labute approximate surface area is 114 Å². The summed E-state index contributed by atoms with van der Waals surface area (Å²) < 4.78 is 18.9. The Balaban J connectivity index is 2.22. The number of anilines is 2. The highest BCUT2D eigenvalue weighted by atomic mass is 19.1. The lowest BCUT2D eigenvalue weighted by atomic mass is 9.87. The molecule has 1 aromatic carbocycles. The second kappa shape index (κ2) is 5.27. The summed E-state index contributed by atoms with van der Waals surface area (Å²) in [7, 11) is 0. The summed E-state index contributed by atoms with van der Waals surface area (Å²) in [6.07, 6.45) is 3.53. The van der Waals surface area contributed by atoms with Crippen molar-refractivity contribution in [3.05, 3.63) is 17.9 Å². The van der Waals surface area contributed by atoms with Gasteiger partial charge in [-0.05, 0) is 25.2 Å². The molecule has 1 fully saturated rings. The van der Waals surface area contributed by atoms with Gasteiger partial charge < -0.3 is 15.8 Å². The molecule has 0 aliphatic heterocycles. The maximum atomic E-state index is 13.7. The topological polar surface area (TPSA) is 47.3 Å². The predicted molar refractivity (Wildman–Crippen MR) is 77.0 cm³/mol. The minimum absolute atomic E-state index is 0.243. The lowest BCUT2D eigenvalue weighted by Gasteiger charge is -2.29. The molecule has 0 heterocycles. The summed E-state index contributed by atoms with van der Waals surface area (Å²) >= 11 is 0. The summed E-state index contributed by atoms with van der Waals surface area (Å²) in [5.74, 6) is -0.148. The van der Waals surface area contributed by atoms with E-state index in [1.54, 1.807) is 6.07 Å². The van der Waals surface area contributed by atoms with Crippen LogP contribution in [-0.4, -0.2) is 12.6 Å². The smallest absolute Gasteiger partial charge is 0.167 e. The van der Waals surface area contributed by atoms with E-state index in [-0.39, 0.29) is 11.2 Å². The number of hydrogen-bond donors (Lipinski definition) is 2. The third-order valence-corrected chi connectivity index (χ3v) is 3.99. The molecule has 1 aliphatic carbocycles. The Hall–Kier alpha value is -1.45. The summed E-state index contributed by atoms with van der Waals surface area (Å²) in [5, 5.41) is 3.45. The van der Waals surface area contributed by atoms with Crippen LogP contribution in [0, 0.1) is 11.2 Å². The molecule has 1 aliphatic rings. The van der Waals surface area contributed by atoms with Gasteiger partial charge in [0, 0.05) is 18.2 Å². The van der Waals surface area contributed by atoms with E-state index in [0.29, 0.717) is 18.3 Å². The van der Waals surface area contributed by atoms with Gasteiger partial charge in [-0.3, -0.25) is 0 Å². The van der Waals surface area contributed by atoms with Gasteiger partial charge in [0.25, 0.3) is 0 Å². The molecule has 0 amide bonds. The number of ether oxygens (including phenoxy) is 1. The van der Waals surface area contributed by atoms with Gasteiger partial charge in [0.15, 0.2) is 11.6 Å². The molecule has 3 N–H and O–H groups in total. The van der Waals surface area contributed by atoms with Crippen LogP contribution in [0.1, 0.15) is 40.0 Å². The SMILES string of the molecule is CCOc1cc(NC2CCCC2(C)C)c(N)cc1F. The number of nitrogen functional groups attached to an aromatic ring is 1. The van der Waals surface area contributed by atoms with E-state index in [1.165, 1.54) is 18.9 Å². The highest BCUT2D eigenvalue weighted by Crippen LogP contribution is 2.40. The van der Waals surface area contributed by atoms with Crippen molar-refractivity contribution in [3.8, 4) is 5.75 Å². The first kappa shape index (κ1) is 14.0. The van der Waals surface area contributed by atoms with E-state index in [2.05, 4.69) is 19.2 Å². The third kappa shape index (κ3) is 2.94. The first-order valence-corrected chi connectivity index (χ1v) is 6.92. The van der Waals surface area contributed by atoms with Gasteiger partial charge in [-0.1, -0.05) is 20.3 Å². The summed E-state index contributed by atoms with van der Waals surface area (Å²) in [4.78, 5) is 0. The zero-order valence-electron chi connectivity index (χ0n) is 11.9. The Bertz CT molecular complexity index is 460. The van der Waals surface area contributed by atoms with Crippen LogP contribution >= 0.6 is 0 Å². The van der Waals surface area contributed by atoms with Crippen LogP contribution in [0.3, 0.4) is 0 Å². The molecule has 3 nitrogen and oxygen atoms in total. The molecule has 0 spiro atoms. The molecular formula is C15H23FN2O. The van der Waals surface area contributed by atoms with E-state index >= 15 is 0 Å². The van der Waals surface area contributed by atoms with Gasteiger partial charge in [-0.15, -0.1) is 0 Å². The van der Waals surface area contributed by atoms with Gasteiger partial charge in [0.1, 0.15) is 0 Å². The Morgan fingerprint density at radius 2 is 2.21 bits per heavy atom. The number of hydrogen-bond acceptors (Lipinski definition) is 3. The van der Waals surface area contributed by atoms with Crippen molar-refractivity contribution in [2.24, 2.45) is 5.41 Å². The van der Waals surface area contributed by atoms with Gasteiger partial charge in [-0.25, -0.2) is 4.39 Å². The van der Waals surface area contributed by atoms with Crippen LogP contribution in [0.4, 0.5) is 15.8 Å². The van der Waals surface area contributed by atoms with Crippen LogP contribution in [-0.2, 0) is 0 Å².